The zero-order valence-electron chi connectivity index (χ0n) is 13.1. The van der Waals surface area contributed by atoms with Gasteiger partial charge in [-0.15, -0.1) is 0 Å². The van der Waals surface area contributed by atoms with Crippen molar-refractivity contribution in [3.05, 3.63) is 57.0 Å². The van der Waals surface area contributed by atoms with Gasteiger partial charge in [-0.25, -0.2) is 4.79 Å². The van der Waals surface area contributed by atoms with Gasteiger partial charge in [-0.05, 0) is 58.7 Å². The van der Waals surface area contributed by atoms with E-state index in [0.29, 0.717) is 26.5 Å². The number of anilines is 1. The van der Waals surface area contributed by atoms with E-state index in [1.165, 1.54) is 7.11 Å². The maximum Gasteiger partial charge on any atom is 0.337 e. The van der Waals surface area contributed by atoms with E-state index in [9.17, 15) is 9.59 Å². The molecule has 0 unspecified atom stereocenters. The predicted molar refractivity (Wildman–Crippen MR) is 95.8 cm³/mol. The molecule has 0 bridgehead atoms. The fourth-order valence-electron chi connectivity index (χ4n) is 1.92. The number of esters is 1. The van der Waals surface area contributed by atoms with Gasteiger partial charge < -0.3 is 14.8 Å². The van der Waals surface area contributed by atoms with Crippen LogP contribution in [0.4, 0.5) is 5.69 Å². The molecule has 1 N–H and O–H groups in total. The third kappa shape index (κ3) is 4.72. The molecule has 0 heterocycles. The lowest BCUT2D eigenvalue weighted by atomic mass is 10.1. The first-order valence-corrected chi connectivity index (χ1v) is 8.14. The summed E-state index contributed by atoms with van der Waals surface area (Å²) >= 11 is 9.17. The number of hydrogen-bond donors (Lipinski definition) is 1. The molecule has 0 aliphatic rings. The van der Waals surface area contributed by atoms with Gasteiger partial charge in [-0.1, -0.05) is 17.7 Å². The minimum atomic E-state index is -0.466. The van der Waals surface area contributed by atoms with Crippen LogP contribution < -0.4 is 10.1 Å². The molecule has 0 aliphatic carbocycles. The number of aryl methyl sites for hydroxylation is 1. The Morgan fingerprint density at radius 1 is 1.21 bits per heavy atom. The van der Waals surface area contributed by atoms with Crippen LogP contribution in [0.15, 0.2) is 40.9 Å². The Bertz CT molecular complexity index is 779. The van der Waals surface area contributed by atoms with Crippen molar-refractivity contribution in [1.82, 2.24) is 0 Å². The Morgan fingerprint density at radius 3 is 2.62 bits per heavy atom. The van der Waals surface area contributed by atoms with Gasteiger partial charge in [0.15, 0.2) is 6.61 Å². The van der Waals surface area contributed by atoms with E-state index in [1.54, 1.807) is 36.4 Å². The molecule has 0 saturated carbocycles. The van der Waals surface area contributed by atoms with Crippen molar-refractivity contribution in [2.45, 2.75) is 6.92 Å². The summed E-state index contributed by atoms with van der Waals surface area (Å²) in [6, 6.07) is 9.96. The molecular formula is C17H15BrClNO4. The second kappa shape index (κ2) is 8.17. The summed E-state index contributed by atoms with van der Waals surface area (Å²) in [5, 5.41) is 3.28. The SMILES string of the molecule is COC(=O)c1ccc(C)c(NC(=O)COc2ccc(Cl)cc2Br)c1. The normalized spacial score (nSPS) is 10.2. The van der Waals surface area contributed by atoms with E-state index >= 15 is 0 Å². The molecule has 0 aliphatic heterocycles. The molecule has 0 saturated heterocycles. The van der Waals surface area contributed by atoms with Crippen LogP contribution in [0.2, 0.25) is 5.02 Å². The topological polar surface area (TPSA) is 64.6 Å². The number of ether oxygens (including phenoxy) is 2. The number of halogens is 2. The summed E-state index contributed by atoms with van der Waals surface area (Å²) in [5.74, 6) is -0.302. The van der Waals surface area contributed by atoms with E-state index < -0.39 is 5.97 Å². The molecule has 0 atom stereocenters. The molecule has 2 aromatic rings. The first-order chi connectivity index (χ1) is 11.4. The first kappa shape index (κ1) is 18.3. The number of carbonyl (C=O) groups is 2. The van der Waals surface area contributed by atoms with Crippen LogP contribution in [0.3, 0.4) is 0 Å². The highest BCUT2D eigenvalue weighted by atomic mass is 79.9. The van der Waals surface area contributed by atoms with Crippen molar-refractivity contribution in [1.29, 1.82) is 0 Å². The minimum Gasteiger partial charge on any atom is -0.483 e. The lowest BCUT2D eigenvalue weighted by Gasteiger charge is -2.11. The Hall–Kier alpha value is -2.05. The molecule has 0 spiro atoms. The van der Waals surface area contributed by atoms with Crippen molar-refractivity contribution in [3.63, 3.8) is 0 Å². The summed E-state index contributed by atoms with van der Waals surface area (Å²) < 4.78 is 10.8. The molecule has 5 nitrogen and oxygen atoms in total. The lowest BCUT2D eigenvalue weighted by molar-refractivity contribution is -0.118. The molecule has 0 radical (unpaired) electrons. The third-order valence-corrected chi connectivity index (χ3v) is 4.04. The standard InChI is InChI=1S/C17H15BrClNO4/c1-10-3-4-11(17(22)23-2)7-14(10)20-16(21)9-24-15-6-5-12(19)8-13(15)18/h3-8H,9H2,1-2H3,(H,20,21). The van der Waals surface area contributed by atoms with Crippen LogP contribution in [0.25, 0.3) is 0 Å². The zero-order chi connectivity index (χ0) is 17.7. The van der Waals surface area contributed by atoms with Crippen molar-refractivity contribution in [2.24, 2.45) is 0 Å². The molecule has 7 heteroatoms. The van der Waals surface area contributed by atoms with Crippen LogP contribution in [-0.2, 0) is 9.53 Å². The number of benzene rings is 2. The predicted octanol–water partition coefficient (Wildman–Crippen LogP) is 4.22. The van der Waals surface area contributed by atoms with Crippen LogP contribution in [0, 0.1) is 6.92 Å². The molecule has 2 aromatic carbocycles. The second-order valence-corrected chi connectivity index (χ2v) is 6.22. The van der Waals surface area contributed by atoms with E-state index in [0.717, 1.165) is 5.56 Å². The molecule has 0 fully saturated rings. The molecule has 2 rings (SSSR count). The van der Waals surface area contributed by atoms with Gasteiger partial charge in [0.1, 0.15) is 5.75 Å². The number of amides is 1. The summed E-state index contributed by atoms with van der Waals surface area (Å²) in [5.41, 5.74) is 1.71. The summed E-state index contributed by atoms with van der Waals surface area (Å²) in [7, 11) is 1.30. The van der Waals surface area contributed by atoms with E-state index in [1.807, 2.05) is 6.92 Å². The van der Waals surface area contributed by atoms with E-state index in [4.69, 9.17) is 16.3 Å². The minimum absolute atomic E-state index is 0.178. The van der Waals surface area contributed by atoms with Gasteiger partial charge in [0, 0.05) is 10.7 Å². The fourth-order valence-corrected chi connectivity index (χ4v) is 2.72. The molecular weight excluding hydrogens is 398 g/mol. The van der Waals surface area contributed by atoms with Gasteiger partial charge in [0.05, 0.1) is 17.1 Å². The van der Waals surface area contributed by atoms with Crippen LogP contribution in [-0.4, -0.2) is 25.6 Å². The number of nitrogens with one attached hydrogen (secondary N) is 1. The quantitative estimate of drug-likeness (QED) is 0.747. The van der Waals surface area contributed by atoms with Crippen molar-refractivity contribution in [2.75, 3.05) is 19.0 Å². The van der Waals surface area contributed by atoms with Gasteiger partial charge in [-0.3, -0.25) is 4.79 Å². The Labute approximate surface area is 153 Å². The highest BCUT2D eigenvalue weighted by molar-refractivity contribution is 9.10. The molecule has 24 heavy (non-hydrogen) atoms. The van der Waals surface area contributed by atoms with Crippen LogP contribution in [0.1, 0.15) is 15.9 Å². The highest BCUT2D eigenvalue weighted by Gasteiger charge is 2.11. The summed E-state index contributed by atoms with van der Waals surface area (Å²) in [6.45, 7) is 1.65. The van der Waals surface area contributed by atoms with E-state index in [-0.39, 0.29) is 12.5 Å². The van der Waals surface area contributed by atoms with Crippen molar-refractivity contribution in [3.8, 4) is 5.75 Å². The average molecular weight is 413 g/mol. The lowest BCUT2D eigenvalue weighted by Crippen LogP contribution is -2.21. The van der Waals surface area contributed by atoms with Crippen LogP contribution in [0.5, 0.6) is 5.75 Å². The molecule has 126 valence electrons. The smallest absolute Gasteiger partial charge is 0.337 e. The van der Waals surface area contributed by atoms with Crippen molar-refractivity contribution >= 4 is 45.1 Å². The zero-order valence-corrected chi connectivity index (χ0v) is 15.4. The Balaban J connectivity index is 2.03. The van der Waals surface area contributed by atoms with Crippen LogP contribution >= 0.6 is 27.5 Å². The average Bonchev–Trinajstić information content (AvgIpc) is 2.55. The molecule has 0 aromatic heterocycles. The number of rotatable bonds is 5. The monoisotopic (exact) mass is 411 g/mol. The summed E-state index contributed by atoms with van der Waals surface area (Å²) in [6.07, 6.45) is 0. The van der Waals surface area contributed by atoms with E-state index in [2.05, 4.69) is 26.0 Å². The number of hydrogen-bond acceptors (Lipinski definition) is 4. The molecule has 1 amide bonds. The summed E-state index contributed by atoms with van der Waals surface area (Å²) in [4.78, 5) is 23.6. The largest absolute Gasteiger partial charge is 0.483 e. The number of methoxy groups -OCH3 is 1. The van der Waals surface area contributed by atoms with Gasteiger partial charge in [-0.2, -0.15) is 0 Å². The second-order valence-electron chi connectivity index (χ2n) is 4.93. The van der Waals surface area contributed by atoms with Gasteiger partial charge in [0.2, 0.25) is 0 Å². The first-order valence-electron chi connectivity index (χ1n) is 6.97. The van der Waals surface area contributed by atoms with Crippen molar-refractivity contribution < 1.29 is 19.1 Å². The van der Waals surface area contributed by atoms with Gasteiger partial charge >= 0.3 is 5.97 Å². The number of carbonyl (C=O) groups excluding carboxylic acids is 2. The third-order valence-electron chi connectivity index (χ3n) is 3.19. The maximum absolute atomic E-state index is 12.1. The Kier molecular flexibility index (Phi) is 6.23. The van der Waals surface area contributed by atoms with Gasteiger partial charge in [0.25, 0.3) is 5.91 Å². The maximum atomic E-state index is 12.1. The Morgan fingerprint density at radius 2 is 1.96 bits per heavy atom. The highest BCUT2D eigenvalue weighted by Crippen LogP contribution is 2.28. The fraction of sp³-hybridized carbons (Fsp3) is 0.176.